The van der Waals surface area contributed by atoms with Crippen molar-refractivity contribution in [1.82, 2.24) is 0 Å². The standard InChI is InChI=1S/C19H54O9Si8/c1-19(2)20-29(3,4)22-31(7,8)24-33(11,12)26-35(15,16)28-36(17,18)27-34(13,14)25-32(9,10)23-30(5,6)21-19/h1-18H3. The van der Waals surface area contributed by atoms with Crippen LogP contribution in [0.5, 0.6) is 0 Å². The van der Waals surface area contributed by atoms with E-state index in [-0.39, 0.29) is 0 Å². The minimum absolute atomic E-state index is 0.892. The molecule has 36 heavy (non-hydrogen) atoms. The number of rotatable bonds is 0. The fourth-order valence-corrected chi connectivity index (χ4v) is 44.8. The lowest BCUT2D eigenvalue weighted by Crippen LogP contribution is -2.63. The van der Waals surface area contributed by atoms with Crippen molar-refractivity contribution in [3.63, 3.8) is 0 Å². The molecule has 1 saturated heterocycles. The van der Waals surface area contributed by atoms with Crippen molar-refractivity contribution in [3.8, 4) is 0 Å². The van der Waals surface area contributed by atoms with Crippen molar-refractivity contribution in [2.75, 3.05) is 0 Å². The zero-order chi connectivity index (χ0) is 28.9. The van der Waals surface area contributed by atoms with Gasteiger partial charge >= 0.3 is 68.5 Å². The van der Waals surface area contributed by atoms with Gasteiger partial charge in [0.2, 0.25) is 0 Å². The number of hydrogen-bond acceptors (Lipinski definition) is 9. The summed E-state index contributed by atoms with van der Waals surface area (Å²) in [5.74, 6) is -0.892. The Bertz CT molecular complexity index is 534. The molecular weight excluding hydrogens is 597 g/mol. The third-order valence-electron chi connectivity index (χ3n) is 4.42. The van der Waals surface area contributed by atoms with Crippen LogP contribution in [0.3, 0.4) is 0 Å². The van der Waals surface area contributed by atoms with Crippen molar-refractivity contribution in [1.29, 1.82) is 0 Å². The molecule has 0 aromatic rings. The Hall–Kier alpha value is 1.38. The van der Waals surface area contributed by atoms with Crippen LogP contribution in [0.25, 0.3) is 0 Å². The summed E-state index contributed by atoms with van der Waals surface area (Å²) in [6, 6.07) is 0. The maximum Gasteiger partial charge on any atom is 0.325 e. The molecule has 17 heteroatoms. The van der Waals surface area contributed by atoms with E-state index in [4.69, 9.17) is 37.7 Å². The fraction of sp³-hybridized carbons (Fsp3) is 1.00. The highest BCUT2D eigenvalue weighted by atomic mass is 28.5. The molecule has 1 fully saturated rings. The first-order valence-corrected chi connectivity index (χ1v) is 35.2. The van der Waals surface area contributed by atoms with Gasteiger partial charge in [-0.1, -0.05) is 0 Å². The first-order chi connectivity index (χ1) is 15.4. The van der Waals surface area contributed by atoms with Gasteiger partial charge in [-0.3, -0.25) is 0 Å². The summed E-state index contributed by atoms with van der Waals surface area (Å²) in [7, 11) is -20.9. The van der Waals surface area contributed by atoms with E-state index in [1.54, 1.807) is 0 Å². The highest BCUT2D eigenvalue weighted by Crippen LogP contribution is 2.32. The smallest absolute Gasteiger partial charge is 0.325 e. The lowest BCUT2D eigenvalue weighted by molar-refractivity contribution is -0.115. The van der Waals surface area contributed by atoms with E-state index in [0.29, 0.717) is 0 Å². The van der Waals surface area contributed by atoms with Crippen LogP contribution in [0.4, 0.5) is 0 Å². The average Bonchev–Trinajstić information content (AvgIpc) is 2.30. The molecule has 0 aliphatic carbocycles. The van der Waals surface area contributed by atoms with Crippen LogP contribution < -0.4 is 0 Å². The SMILES string of the molecule is CC1(C)O[Si](C)(C)O[Si](C)(C)O[Si](C)(C)O[Si](C)(C)O[Si](C)(C)O[Si](C)(C)O[Si](C)(C)O[Si](C)(C)O1. The van der Waals surface area contributed by atoms with Crippen LogP contribution in [0.1, 0.15) is 13.8 Å². The van der Waals surface area contributed by atoms with Gasteiger partial charge in [-0.05, 0) is 119 Å². The van der Waals surface area contributed by atoms with Crippen molar-refractivity contribution in [2.24, 2.45) is 0 Å². The summed E-state index contributed by atoms with van der Waals surface area (Å²) in [5.41, 5.74) is 0. The zero-order valence-electron chi connectivity index (χ0n) is 26.2. The molecule has 216 valence electrons. The summed E-state index contributed by atoms with van der Waals surface area (Å²) in [5, 5.41) is 0. The molecule has 0 aromatic heterocycles. The molecule has 0 amide bonds. The second kappa shape index (κ2) is 11.0. The van der Waals surface area contributed by atoms with Crippen LogP contribution in [0.2, 0.25) is 105 Å². The third kappa shape index (κ3) is 13.6. The van der Waals surface area contributed by atoms with Crippen molar-refractivity contribution in [3.05, 3.63) is 0 Å². The zero-order valence-corrected chi connectivity index (χ0v) is 34.2. The molecule has 0 aromatic carbocycles. The summed E-state index contributed by atoms with van der Waals surface area (Å²) in [6.45, 7) is 36.6. The van der Waals surface area contributed by atoms with E-state index < -0.39 is 74.3 Å². The monoisotopic (exact) mass is 650 g/mol. The minimum atomic E-state index is -2.65. The van der Waals surface area contributed by atoms with Gasteiger partial charge in [0.1, 0.15) is 5.79 Å². The van der Waals surface area contributed by atoms with Crippen molar-refractivity contribution in [2.45, 2.75) is 124 Å². The summed E-state index contributed by atoms with van der Waals surface area (Å²) in [6.07, 6.45) is 0. The fourth-order valence-electron chi connectivity index (χ4n) is 5.51. The Morgan fingerprint density at radius 3 is 0.583 bits per heavy atom. The predicted octanol–water partition coefficient (Wildman–Crippen LogP) is 6.50. The van der Waals surface area contributed by atoms with Gasteiger partial charge in [-0.2, -0.15) is 0 Å². The molecule has 0 atom stereocenters. The van der Waals surface area contributed by atoms with E-state index in [0.717, 1.165) is 0 Å². The highest BCUT2D eigenvalue weighted by Gasteiger charge is 2.51. The van der Waals surface area contributed by atoms with Gasteiger partial charge in [-0.25, -0.2) is 0 Å². The highest BCUT2D eigenvalue weighted by molar-refractivity contribution is 6.92. The topological polar surface area (TPSA) is 83.1 Å². The molecule has 1 aliphatic heterocycles. The van der Waals surface area contributed by atoms with Gasteiger partial charge in [0.05, 0.1) is 0 Å². The number of hydrogen-bond donors (Lipinski definition) is 0. The van der Waals surface area contributed by atoms with E-state index in [1.165, 1.54) is 0 Å². The molecule has 1 rings (SSSR count). The van der Waals surface area contributed by atoms with E-state index in [1.807, 2.05) is 66.2 Å². The van der Waals surface area contributed by atoms with Gasteiger partial charge in [0, 0.05) is 0 Å². The van der Waals surface area contributed by atoms with Crippen LogP contribution in [0.15, 0.2) is 0 Å². The van der Waals surface area contributed by atoms with E-state index >= 15 is 0 Å². The van der Waals surface area contributed by atoms with Gasteiger partial charge in [0.25, 0.3) is 0 Å². The largest absolute Gasteiger partial charge is 0.416 e. The first-order valence-electron chi connectivity index (χ1n) is 12.7. The quantitative estimate of drug-likeness (QED) is 0.273. The van der Waals surface area contributed by atoms with Gasteiger partial charge in [-0.15, -0.1) is 0 Å². The van der Waals surface area contributed by atoms with Crippen molar-refractivity contribution >= 4 is 68.5 Å². The Morgan fingerprint density at radius 2 is 0.417 bits per heavy atom. The molecule has 0 unspecified atom stereocenters. The summed E-state index contributed by atoms with van der Waals surface area (Å²) < 4.78 is 59.5. The summed E-state index contributed by atoms with van der Waals surface area (Å²) in [4.78, 5) is 0. The Morgan fingerprint density at radius 1 is 0.278 bits per heavy atom. The second-order valence-corrected chi connectivity index (χ2v) is 42.0. The molecule has 1 aliphatic rings. The Balaban J connectivity index is 3.46. The molecule has 0 bridgehead atoms. The maximum atomic E-state index is 6.65. The van der Waals surface area contributed by atoms with Gasteiger partial charge < -0.3 is 37.7 Å². The molecule has 0 N–H and O–H groups in total. The van der Waals surface area contributed by atoms with Crippen LogP contribution in [-0.4, -0.2) is 74.3 Å². The Kier molecular flexibility index (Phi) is 10.8. The predicted molar refractivity (Wildman–Crippen MR) is 164 cm³/mol. The third-order valence-corrected chi connectivity index (χ3v) is 33.9. The van der Waals surface area contributed by atoms with Gasteiger partial charge in [0.15, 0.2) is 0 Å². The summed E-state index contributed by atoms with van der Waals surface area (Å²) >= 11 is 0. The molecule has 1 heterocycles. The van der Waals surface area contributed by atoms with Crippen LogP contribution in [0, 0.1) is 0 Å². The average molecular weight is 651 g/mol. The van der Waals surface area contributed by atoms with Crippen LogP contribution in [-0.2, 0) is 37.7 Å². The first kappa shape index (κ1) is 35.4. The van der Waals surface area contributed by atoms with Crippen LogP contribution >= 0.6 is 0 Å². The van der Waals surface area contributed by atoms with Crippen molar-refractivity contribution < 1.29 is 37.7 Å². The minimum Gasteiger partial charge on any atom is -0.416 e. The second-order valence-electron chi connectivity index (χ2n) is 13.5. The lowest BCUT2D eigenvalue weighted by atomic mass is 10.4. The Labute approximate surface area is 229 Å². The molecule has 0 saturated carbocycles. The molecular formula is C19H54O9Si8. The van der Waals surface area contributed by atoms with E-state index in [2.05, 4.69) is 52.4 Å². The molecule has 0 spiro atoms. The normalized spacial score (nSPS) is 31.5. The molecule has 0 radical (unpaired) electrons. The van der Waals surface area contributed by atoms with E-state index in [9.17, 15) is 0 Å². The lowest BCUT2D eigenvalue weighted by Gasteiger charge is -2.46. The maximum absolute atomic E-state index is 6.65. The molecule has 9 nitrogen and oxygen atoms in total.